The third-order valence-corrected chi connectivity index (χ3v) is 5.95. The zero-order valence-electron chi connectivity index (χ0n) is 12.8. The van der Waals surface area contributed by atoms with Crippen LogP contribution in [0.3, 0.4) is 0 Å². The average molecular weight is 274 g/mol. The number of aromatic nitrogens is 2. The lowest BCUT2D eigenvalue weighted by molar-refractivity contribution is 0.00578. The maximum Gasteiger partial charge on any atom is 0.498 e. The van der Waals surface area contributed by atoms with Gasteiger partial charge in [0.15, 0.2) is 0 Å². The molecule has 1 saturated heterocycles. The Bertz CT molecular complexity index is 538. The van der Waals surface area contributed by atoms with Gasteiger partial charge in [0.05, 0.1) is 16.7 Å². The lowest BCUT2D eigenvalue weighted by atomic mass is 9.82. The molecule has 0 radical (unpaired) electrons. The van der Waals surface area contributed by atoms with Gasteiger partial charge in [0, 0.05) is 17.9 Å². The SMILES string of the molecule is CC1(C)OB(c2cnn(C34CCCC3C4)c2)OC1(C)C. The standard InChI is InChI=1S/C15H23BN2O2/c1-13(2)14(3,4)20-16(19-13)12-9-17-18(10-12)15-7-5-6-11(15)8-15/h9-11H,5-8H2,1-4H3. The Labute approximate surface area is 121 Å². The molecular formula is C15H23BN2O2. The van der Waals surface area contributed by atoms with Crippen molar-refractivity contribution in [3.05, 3.63) is 12.4 Å². The van der Waals surface area contributed by atoms with Gasteiger partial charge in [0.1, 0.15) is 0 Å². The van der Waals surface area contributed by atoms with Crippen molar-refractivity contribution in [3.63, 3.8) is 0 Å². The van der Waals surface area contributed by atoms with Gasteiger partial charge in [-0.15, -0.1) is 0 Å². The monoisotopic (exact) mass is 274 g/mol. The third kappa shape index (κ3) is 1.59. The van der Waals surface area contributed by atoms with E-state index in [1.165, 1.54) is 25.7 Å². The van der Waals surface area contributed by atoms with Crippen LogP contribution in [0.25, 0.3) is 0 Å². The van der Waals surface area contributed by atoms with Crippen molar-refractivity contribution in [1.82, 2.24) is 9.78 Å². The van der Waals surface area contributed by atoms with Crippen LogP contribution in [-0.2, 0) is 14.8 Å². The first kappa shape index (κ1) is 12.9. The Morgan fingerprint density at radius 2 is 1.95 bits per heavy atom. The predicted octanol–water partition coefficient (Wildman–Crippen LogP) is 2.08. The van der Waals surface area contributed by atoms with Crippen LogP contribution in [-0.4, -0.2) is 28.1 Å². The second kappa shape index (κ2) is 3.69. The molecule has 1 aromatic heterocycles. The summed E-state index contributed by atoms with van der Waals surface area (Å²) >= 11 is 0. The van der Waals surface area contributed by atoms with Crippen LogP contribution in [0.15, 0.2) is 12.4 Å². The molecule has 0 amide bonds. The minimum Gasteiger partial charge on any atom is -0.399 e. The molecule has 1 aliphatic heterocycles. The Morgan fingerprint density at radius 3 is 2.50 bits per heavy atom. The zero-order valence-corrected chi connectivity index (χ0v) is 12.8. The molecule has 4 rings (SSSR count). The van der Waals surface area contributed by atoms with E-state index in [0.717, 1.165) is 11.4 Å². The molecule has 0 spiro atoms. The third-order valence-electron chi connectivity index (χ3n) is 5.95. The molecule has 4 nitrogen and oxygen atoms in total. The molecule has 2 unspecified atom stereocenters. The minimum atomic E-state index is -0.288. The quantitative estimate of drug-likeness (QED) is 0.775. The molecule has 5 heteroatoms. The van der Waals surface area contributed by atoms with E-state index in [0.29, 0.717) is 5.54 Å². The van der Waals surface area contributed by atoms with Crippen molar-refractivity contribution < 1.29 is 9.31 Å². The summed E-state index contributed by atoms with van der Waals surface area (Å²) in [6, 6.07) is 0. The van der Waals surface area contributed by atoms with Crippen molar-refractivity contribution in [1.29, 1.82) is 0 Å². The molecule has 3 aliphatic rings. The van der Waals surface area contributed by atoms with Crippen LogP contribution in [0.5, 0.6) is 0 Å². The van der Waals surface area contributed by atoms with E-state index in [-0.39, 0.29) is 18.3 Å². The van der Waals surface area contributed by atoms with Gasteiger partial charge in [0.25, 0.3) is 0 Å². The highest BCUT2D eigenvalue weighted by molar-refractivity contribution is 6.62. The number of hydrogen-bond donors (Lipinski definition) is 0. The Morgan fingerprint density at radius 1 is 1.25 bits per heavy atom. The van der Waals surface area contributed by atoms with Gasteiger partial charge in [-0.05, 0) is 52.9 Å². The maximum absolute atomic E-state index is 6.10. The molecule has 2 atom stereocenters. The zero-order chi connectivity index (χ0) is 14.2. The summed E-state index contributed by atoms with van der Waals surface area (Å²) in [5.74, 6) is 0.855. The van der Waals surface area contributed by atoms with Crippen molar-refractivity contribution in [2.75, 3.05) is 0 Å². The molecule has 3 fully saturated rings. The molecular weight excluding hydrogens is 251 g/mol. The predicted molar refractivity (Wildman–Crippen MR) is 77.9 cm³/mol. The molecule has 0 bridgehead atoms. The van der Waals surface area contributed by atoms with Gasteiger partial charge < -0.3 is 9.31 Å². The Kier molecular flexibility index (Phi) is 2.38. The highest BCUT2D eigenvalue weighted by atomic mass is 16.7. The van der Waals surface area contributed by atoms with Gasteiger partial charge in [-0.2, -0.15) is 5.10 Å². The first-order chi connectivity index (χ1) is 9.34. The van der Waals surface area contributed by atoms with Crippen LogP contribution in [0, 0.1) is 5.92 Å². The first-order valence-electron chi connectivity index (χ1n) is 7.75. The number of nitrogens with zero attached hydrogens (tertiary/aromatic N) is 2. The fraction of sp³-hybridized carbons (Fsp3) is 0.800. The molecule has 108 valence electrons. The summed E-state index contributed by atoms with van der Waals surface area (Å²) in [4.78, 5) is 0. The van der Waals surface area contributed by atoms with Crippen molar-refractivity contribution >= 4 is 12.6 Å². The van der Waals surface area contributed by atoms with E-state index in [9.17, 15) is 0 Å². The van der Waals surface area contributed by atoms with Crippen molar-refractivity contribution in [2.45, 2.75) is 70.1 Å². The van der Waals surface area contributed by atoms with Gasteiger partial charge >= 0.3 is 7.12 Å². The first-order valence-corrected chi connectivity index (χ1v) is 7.75. The van der Waals surface area contributed by atoms with Crippen LogP contribution in [0.1, 0.15) is 53.4 Å². The fourth-order valence-electron chi connectivity index (χ4n) is 3.78. The van der Waals surface area contributed by atoms with Gasteiger partial charge in [-0.25, -0.2) is 0 Å². The smallest absolute Gasteiger partial charge is 0.399 e. The van der Waals surface area contributed by atoms with Gasteiger partial charge in [0.2, 0.25) is 0 Å². The Balaban J connectivity index is 1.58. The molecule has 2 heterocycles. The summed E-state index contributed by atoms with van der Waals surface area (Å²) < 4.78 is 14.4. The summed E-state index contributed by atoms with van der Waals surface area (Å²) in [5, 5.41) is 4.61. The number of rotatable bonds is 2. The van der Waals surface area contributed by atoms with Crippen LogP contribution >= 0.6 is 0 Å². The van der Waals surface area contributed by atoms with Crippen LogP contribution in [0.2, 0.25) is 0 Å². The minimum absolute atomic E-state index is 0.284. The lowest BCUT2D eigenvalue weighted by Crippen LogP contribution is -2.41. The van der Waals surface area contributed by atoms with E-state index in [2.05, 4.69) is 43.7 Å². The lowest BCUT2D eigenvalue weighted by Gasteiger charge is -2.32. The molecule has 0 N–H and O–H groups in total. The normalized spacial score (nSPS) is 37.2. The van der Waals surface area contributed by atoms with E-state index in [4.69, 9.17) is 9.31 Å². The van der Waals surface area contributed by atoms with Crippen molar-refractivity contribution in [3.8, 4) is 0 Å². The highest BCUT2D eigenvalue weighted by Crippen LogP contribution is 2.60. The molecule has 0 aromatic carbocycles. The molecule has 20 heavy (non-hydrogen) atoms. The number of fused-ring (bicyclic) bond motifs is 1. The average Bonchev–Trinajstić information content (AvgIpc) is 2.75. The van der Waals surface area contributed by atoms with Crippen molar-refractivity contribution in [2.24, 2.45) is 5.92 Å². The molecule has 2 aliphatic carbocycles. The summed E-state index contributed by atoms with van der Waals surface area (Å²) in [5.41, 5.74) is 0.818. The summed E-state index contributed by atoms with van der Waals surface area (Å²) in [7, 11) is -0.288. The van der Waals surface area contributed by atoms with E-state index < -0.39 is 0 Å². The summed E-state index contributed by atoms with van der Waals surface area (Å²) in [6.45, 7) is 8.35. The Hall–Kier alpha value is -0.805. The van der Waals surface area contributed by atoms with Crippen LogP contribution in [0.4, 0.5) is 0 Å². The van der Waals surface area contributed by atoms with Gasteiger partial charge in [-0.1, -0.05) is 6.42 Å². The number of hydrogen-bond acceptors (Lipinski definition) is 3. The topological polar surface area (TPSA) is 36.3 Å². The second-order valence-corrected chi connectivity index (χ2v) is 7.70. The van der Waals surface area contributed by atoms with E-state index in [1.54, 1.807) is 0 Å². The second-order valence-electron chi connectivity index (χ2n) is 7.70. The van der Waals surface area contributed by atoms with E-state index in [1.807, 2.05) is 6.20 Å². The van der Waals surface area contributed by atoms with Gasteiger partial charge in [-0.3, -0.25) is 4.68 Å². The molecule has 2 saturated carbocycles. The highest BCUT2D eigenvalue weighted by Gasteiger charge is 2.59. The van der Waals surface area contributed by atoms with E-state index >= 15 is 0 Å². The maximum atomic E-state index is 6.10. The summed E-state index contributed by atoms with van der Waals surface area (Å²) in [6.07, 6.45) is 9.36. The van der Waals surface area contributed by atoms with Crippen LogP contribution < -0.4 is 5.46 Å². The molecule has 1 aromatic rings. The fourth-order valence-corrected chi connectivity index (χ4v) is 3.78. The largest absolute Gasteiger partial charge is 0.498 e.